The van der Waals surface area contributed by atoms with Crippen LogP contribution in [0.25, 0.3) is 0 Å². The van der Waals surface area contributed by atoms with E-state index in [0.717, 1.165) is 25.0 Å². The molecule has 1 N–H and O–H groups in total. The number of nitrogens with zero attached hydrogens (tertiary/aromatic N) is 1. The standard InChI is InChI=1S/C11H16N2O2/c1-8-13-10(7-15-8)5-6-12-11(14)9-3-2-4-9/h7,9H,2-6H2,1H3,(H,12,14). The fraction of sp³-hybridized carbons (Fsp3) is 0.636. The second-order valence-corrected chi connectivity index (χ2v) is 4.03. The van der Waals surface area contributed by atoms with Gasteiger partial charge in [-0.1, -0.05) is 6.42 Å². The Balaban J connectivity index is 1.68. The van der Waals surface area contributed by atoms with Crippen molar-refractivity contribution < 1.29 is 9.21 Å². The van der Waals surface area contributed by atoms with E-state index in [0.29, 0.717) is 12.4 Å². The molecule has 0 radical (unpaired) electrons. The Hall–Kier alpha value is -1.32. The van der Waals surface area contributed by atoms with E-state index in [4.69, 9.17) is 4.42 Å². The van der Waals surface area contributed by atoms with Crippen LogP contribution in [0.4, 0.5) is 0 Å². The molecule has 1 aromatic rings. The van der Waals surface area contributed by atoms with Gasteiger partial charge < -0.3 is 9.73 Å². The summed E-state index contributed by atoms with van der Waals surface area (Å²) in [6.45, 7) is 2.47. The fourth-order valence-corrected chi connectivity index (χ4v) is 1.65. The lowest BCUT2D eigenvalue weighted by atomic mass is 9.85. The fourth-order valence-electron chi connectivity index (χ4n) is 1.65. The zero-order chi connectivity index (χ0) is 10.7. The van der Waals surface area contributed by atoms with Crippen molar-refractivity contribution in [3.63, 3.8) is 0 Å². The predicted molar refractivity (Wildman–Crippen MR) is 55.3 cm³/mol. The van der Waals surface area contributed by atoms with Gasteiger partial charge in [0.1, 0.15) is 6.26 Å². The van der Waals surface area contributed by atoms with Crippen molar-refractivity contribution in [3.05, 3.63) is 17.8 Å². The molecule has 0 atom stereocenters. The Morgan fingerprint density at radius 3 is 3.00 bits per heavy atom. The maximum absolute atomic E-state index is 11.5. The van der Waals surface area contributed by atoms with Gasteiger partial charge in [0.15, 0.2) is 5.89 Å². The highest BCUT2D eigenvalue weighted by molar-refractivity contribution is 5.79. The second-order valence-electron chi connectivity index (χ2n) is 4.03. The van der Waals surface area contributed by atoms with Gasteiger partial charge in [-0.3, -0.25) is 4.79 Å². The van der Waals surface area contributed by atoms with Crippen LogP contribution in [0, 0.1) is 12.8 Å². The molecule has 1 aliphatic rings. The first-order chi connectivity index (χ1) is 7.25. The van der Waals surface area contributed by atoms with Crippen LogP contribution >= 0.6 is 0 Å². The van der Waals surface area contributed by atoms with Gasteiger partial charge in [-0.15, -0.1) is 0 Å². The first kappa shape index (κ1) is 10.2. The molecule has 1 amide bonds. The third kappa shape index (κ3) is 2.58. The molecule has 2 rings (SSSR count). The number of carbonyl (C=O) groups is 1. The summed E-state index contributed by atoms with van der Waals surface area (Å²) in [6, 6.07) is 0. The Kier molecular flexibility index (Phi) is 3.04. The summed E-state index contributed by atoms with van der Waals surface area (Å²) in [4.78, 5) is 15.6. The molecular formula is C11H16N2O2. The van der Waals surface area contributed by atoms with Gasteiger partial charge in [0.05, 0.1) is 5.69 Å². The van der Waals surface area contributed by atoms with Gasteiger partial charge in [-0.2, -0.15) is 0 Å². The van der Waals surface area contributed by atoms with Crippen LogP contribution in [0.1, 0.15) is 30.8 Å². The third-order valence-corrected chi connectivity index (χ3v) is 2.82. The third-order valence-electron chi connectivity index (χ3n) is 2.82. The Morgan fingerprint density at radius 1 is 1.67 bits per heavy atom. The van der Waals surface area contributed by atoms with Crippen LogP contribution in [0.3, 0.4) is 0 Å². The first-order valence-corrected chi connectivity index (χ1v) is 5.44. The summed E-state index contributed by atoms with van der Waals surface area (Å²) in [5.41, 5.74) is 0.904. The molecule has 4 heteroatoms. The molecule has 1 aliphatic carbocycles. The lowest BCUT2D eigenvalue weighted by molar-refractivity contribution is -0.127. The number of carbonyl (C=O) groups excluding carboxylic acids is 1. The molecule has 1 saturated carbocycles. The topological polar surface area (TPSA) is 55.1 Å². The minimum Gasteiger partial charge on any atom is -0.449 e. The zero-order valence-corrected chi connectivity index (χ0v) is 8.95. The van der Waals surface area contributed by atoms with Gasteiger partial charge in [0, 0.05) is 25.8 Å². The lowest BCUT2D eigenvalue weighted by Gasteiger charge is -2.23. The van der Waals surface area contributed by atoms with Crippen LogP contribution < -0.4 is 5.32 Å². The molecule has 0 aliphatic heterocycles. The average Bonchev–Trinajstić information content (AvgIpc) is 2.48. The van der Waals surface area contributed by atoms with E-state index >= 15 is 0 Å². The number of aromatic nitrogens is 1. The molecule has 1 fully saturated rings. The van der Waals surface area contributed by atoms with E-state index in [-0.39, 0.29) is 11.8 Å². The van der Waals surface area contributed by atoms with Gasteiger partial charge >= 0.3 is 0 Å². The molecule has 1 aromatic heterocycles. The summed E-state index contributed by atoms with van der Waals surface area (Å²) < 4.78 is 5.08. The highest BCUT2D eigenvalue weighted by atomic mass is 16.3. The normalized spacial score (nSPS) is 16.1. The van der Waals surface area contributed by atoms with Gasteiger partial charge in [-0.25, -0.2) is 4.98 Å². The molecular weight excluding hydrogens is 192 g/mol. The summed E-state index contributed by atoms with van der Waals surface area (Å²) in [6.07, 6.45) is 5.69. The van der Waals surface area contributed by atoms with Crippen LogP contribution in [0.15, 0.2) is 10.7 Å². The van der Waals surface area contributed by atoms with Crippen molar-refractivity contribution in [3.8, 4) is 0 Å². The summed E-state index contributed by atoms with van der Waals surface area (Å²) in [5.74, 6) is 1.14. The van der Waals surface area contributed by atoms with Gasteiger partial charge in [0.2, 0.25) is 5.91 Å². The number of nitrogens with one attached hydrogen (secondary N) is 1. The minimum absolute atomic E-state index is 0.196. The second kappa shape index (κ2) is 4.47. The molecule has 0 saturated heterocycles. The van der Waals surface area contributed by atoms with Crippen molar-refractivity contribution in [1.82, 2.24) is 10.3 Å². The average molecular weight is 208 g/mol. The van der Waals surface area contributed by atoms with Gasteiger partial charge in [-0.05, 0) is 12.8 Å². The summed E-state index contributed by atoms with van der Waals surface area (Å²) in [7, 11) is 0. The SMILES string of the molecule is Cc1nc(CCNC(=O)C2CCC2)co1. The Bertz CT molecular complexity index is 342. The molecule has 1 heterocycles. The number of hydrogen-bond donors (Lipinski definition) is 1. The lowest BCUT2D eigenvalue weighted by Crippen LogP contribution is -2.35. The van der Waals surface area contributed by atoms with Crippen molar-refractivity contribution >= 4 is 5.91 Å². The minimum atomic E-state index is 0.196. The quantitative estimate of drug-likeness (QED) is 0.814. The van der Waals surface area contributed by atoms with Crippen LogP contribution in [-0.4, -0.2) is 17.4 Å². The Morgan fingerprint density at radius 2 is 2.47 bits per heavy atom. The van der Waals surface area contributed by atoms with E-state index in [9.17, 15) is 4.79 Å². The van der Waals surface area contributed by atoms with Crippen LogP contribution in [0.2, 0.25) is 0 Å². The summed E-state index contributed by atoms with van der Waals surface area (Å²) >= 11 is 0. The largest absolute Gasteiger partial charge is 0.449 e. The highest BCUT2D eigenvalue weighted by Crippen LogP contribution is 2.25. The van der Waals surface area contributed by atoms with E-state index in [1.54, 1.807) is 6.26 Å². The van der Waals surface area contributed by atoms with Crippen molar-refractivity contribution in [2.75, 3.05) is 6.54 Å². The van der Waals surface area contributed by atoms with Crippen molar-refractivity contribution in [1.29, 1.82) is 0 Å². The van der Waals surface area contributed by atoms with Crippen LogP contribution in [-0.2, 0) is 11.2 Å². The van der Waals surface area contributed by atoms with E-state index in [1.165, 1.54) is 6.42 Å². The molecule has 82 valence electrons. The summed E-state index contributed by atoms with van der Waals surface area (Å²) in [5, 5.41) is 2.92. The molecule has 15 heavy (non-hydrogen) atoms. The van der Waals surface area contributed by atoms with Crippen molar-refractivity contribution in [2.24, 2.45) is 5.92 Å². The highest BCUT2D eigenvalue weighted by Gasteiger charge is 2.24. The molecule has 4 nitrogen and oxygen atoms in total. The number of hydrogen-bond acceptors (Lipinski definition) is 3. The molecule has 0 spiro atoms. The Labute approximate surface area is 89.1 Å². The van der Waals surface area contributed by atoms with E-state index in [2.05, 4.69) is 10.3 Å². The number of rotatable bonds is 4. The van der Waals surface area contributed by atoms with Gasteiger partial charge in [0.25, 0.3) is 0 Å². The molecule has 0 bridgehead atoms. The maximum Gasteiger partial charge on any atom is 0.223 e. The maximum atomic E-state index is 11.5. The first-order valence-electron chi connectivity index (χ1n) is 5.44. The molecule has 0 unspecified atom stereocenters. The van der Waals surface area contributed by atoms with E-state index in [1.807, 2.05) is 6.92 Å². The predicted octanol–water partition coefficient (Wildman–Crippen LogP) is 1.44. The number of amides is 1. The smallest absolute Gasteiger partial charge is 0.223 e. The number of oxazole rings is 1. The van der Waals surface area contributed by atoms with Crippen LogP contribution in [0.5, 0.6) is 0 Å². The number of aryl methyl sites for hydroxylation is 1. The van der Waals surface area contributed by atoms with Crippen molar-refractivity contribution in [2.45, 2.75) is 32.6 Å². The molecule has 0 aromatic carbocycles. The monoisotopic (exact) mass is 208 g/mol. The van der Waals surface area contributed by atoms with E-state index < -0.39 is 0 Å². The zero-order valence-electron chi connectivity index (χ0n) is 8.95.